The van der Waals surface area contributed by atoms with E-state index in [-0.39, 0.29) is 11.3 Å². The largest absolute Gasteiger partial charge is 0.416 e. The summed E-state index contributed by atoms with van der Waals surface area (Å²) >= 11 is 0. The molecule has 1 aromatic carbocycles. The smallest absolute Gasteiger partial charge is 0.323 e. The van der Waals surface area contributed by atoms with Crippen molar-refractivity contribution < 1.29 is 13.2 Å². The van der Waals surface area contributed by atoms with E-state index < -0.39 is 17.3 Å². The van der Waals surface area contributed by atoms with E-state index in [0.29, 0.717) is 11.4 Å². The van der Waals surface area contributed by atoms with Crippen molar-refractivity contribution in [3.8, 4) is 11.3 Å². The van der Waals surface area contributed by atoms with E-state index in [0.717, 1.165) is 12.1 Å². The van der Waals surface area contributed by atoms with Crippen LogP contribution < -0.4 is 5.56 Å². The van der Waals surface area contributed by atoms with Gasteiger partial charge in [-0.2, -0.15) is 13.2 Å². The van der Waals surface area contributed by atoms with Crippen LogP contribution in [0.25, 0.3) is 11.3 Å². The summed E-state index contributed by atoms with van der Waals surface area (Å²) in [6.07, 6.45) is -4.44. The van der Waals surface area contributed by atoms with Gasteiger partial charge in [-0.1, -0.05) is 12.1 Å². The molecule has 1 N–H and O–H groups in total. The molecule has 0 aliphatic heterocycles. The minimum absolute atomic E-state index is 0.00537. The number of H-pyrrole nitrogens is 1. The molecule has 1 heterocycles. The summed E-state index contributed by atoms with van der Waals surface area (Å²) in [4.78, 5) is 18.4. The number of hydrogen-bond donors (Lipinski definition) is 1. The van der Waals surface area contributed by atoms with Gasteiger partial charge in [-0.25, -0.2) is 4.98 Å². The van der Waals surface area contributed by atoms with E-state index in [9.17, 15) is 18.0 Å². The van der Waals surface area contributed by atoms with E-state index >= 15 is 0 Å². The van der Waals surface area contributed by atoms with E-state index in [2.05, 4.69) is 9.97 Å². The van der Waals surface area contributed by atoms with Gasteiger partial charge in [0.2, 0.25) is 0 Å². The monoisotopic (exact) mass is 268 g/mol. The fraction of sp³-hybridized carbons (Fsp3) is 0.231. The van der Waals surface area contributed by atoms with E-state index in [1.165, 1.54) is 12.1 Å². The maximum Gasteiger partial charge on any atom is 0.416 e. The van der Waals surface area contributed by atoms with Crippen LogP contribution in [0.4, 0.5) is 13.2 Å². The van der Waals surface area contributed by atoms with Crippen LogP contribution in [0.2, 0.25) is 0 Å². The van der Waals surface area contributed by atoms with Gasteiger partial charge < -0.3 is 4.98 Å². The Morgan fingerprint density at radius 1 is 1.21 bits per heavy atom. The van der Waals surface area contributed by atoms with Crippen LogP contribution >= 0.6 is 0 Å². The summed E-state index contributed by atoms with van der Waals surface area (Å²) in [6, 6.07) is 4.57. The third kappa shape index (κ3) is 2.67. The molecule has 100 valence electrons. The fourth-order valence-corrected chi connectivity index (χ4v) is 1.66. The van der Waals surface area contributed by atoms with Gasteiger partial charge in [0, 0.05) is 11.3 Å². The molecule has 2 aromatic rings. The second kappa shape index (κ2) is 4.53. The molecule has 0 spiro atoms. The number of aromatic nitrogens is 2. The Morgan fingerprint density at radius 3 is 2.53 bits per heavy atom. The number of halogens is 3. The van der Waals surface area contributed by atoms with Gasteiger partial charge in [0.25, 0.3) is 5.56 Å². The molecule has 0 atom stereocenters. The summed E-state index contributed by atoms with van der Waals surface area (Å²) in [5, 5.41) is 0. The number of rotatable bonds is 1. The first-order valence-corrected chi connectivity index (χ1v) is 5.54. The Labute approximate surface area is 107 Å². The van der Waals surface area contributed by atoms with Crippen molar-refractivity contribution in [1.29, 1.82) is 0 Å². The predicted octanol–water partition coefficient (Wildman–Crippen LogP) is 3.07. The topological polar surface area (TPSA) is 45.8 Å². The molecular formula is C13H11F3N2O. The third-order valence-corrected chi connectivity index (χ3v) is 2.80. The van der Waals surface area contributed by atoms with Gasteiger partial charge in [-0.05, 0) is 26.0 Å². The lowest BCUT2D eigenvalue weighted by molar-refractivity contribution is -0.137. The predicted molar refractivity (Wildman–Crippen MR) is 64.8 cm³/mol. The molecule has 0 bridgehead atoms. The van der Waals surface area contributed by atoms with Crippen molar-refractivity contribution in [3.05, 3.63) is 51.6 Å². The molecule has 2 rings (SSSR count). The van der Waals surface area contributed by atoms with E-state index in [4.69, 9.17) is 0 Å². The lowest BCUT2D eigenvalue weighted by atomic mass is 10.1. The van der Waals surface area contributed by atoms with Gasteiger partial charge in [-0.15, -0.1) is 0 Å². The summed E-state index contributed by atoms with van der Waals surface area (Å²) in [7, 11) is 0. The molecule has 0 aliphatic carbocycles. The molecule has 0 aliphatic rings. The third-order valence-electron chi connectivity index (χ3n) is 2.80. The molecule has 3 nitrogen and oxygen atoms in total. The summed E-state index contributed by atoms with van der Waals surface area (Å²) < 4.78 is 37.9. The maximum atomic E-state index is 12.6. The standard InChI is InChI=1S/C13H11F3N2O/c1-7-8(2)18-12(19)11(17-7)9-4-3-5-10(6-9)13(14,15)16/h3-6H,1-2H3,(H,18,19). The molecule has 0 radical (unpaired) electrons. The Bertz CT molecular complexity index is 674. The molecule has 0 unspecified atom stereocenters. The van der Waals surface area contributed by atoms with Crippen molar-refractivity contribution in [2.75, 3.05) is 0 Å². The van der Waals surface area contributed by atoms with Crippen LogP contribution in [0, 0.1) is 13.8 Å². The zero-order valence-electron chi connectivity index (χ0n) is 10.3. The Hall–Kier alpha value is -2.11. The van der Waals surface area contributed by atoms with Gasteiger partial charge in [0.1, 0.15) is 5.69 Å². The number of aromatic amines is 1. The number of alkyl halides is 3. The SMILES string of the molecule is Cc1nc(-c2cccc(C(F)(F)F)c2)c(=O)[nH]c1C. The van der Waals surface area contributed by atoms with Crippen LogP contribution in [0.3, 0.4) is 0 Å². The first-order valence-electron chi connectivity index (χ1n) is 5.54. The molecule has 6 heteroatoms. The molecule has 0 fully saturated rings. The summed E-state index contributed by atoms with van der Waals surface area (Å²) in [5.74, 6) is 0. The minimum Gasteiger partial charge on any atom is -0.323 e. The van der Waals surface area contributed by atoms with Crippen LogP contribution in [0.5, 0.6) is 0 Å². The maximum absolute atomic E-state index is 12.6. The molecule has 0 saturated heterocycles. The lowest BCUT2D eigenvalue weighted by Gasteiger charge is -2.09. The van der Waals surface area contributed by atoms with Crippen LogP contribution in [-0.2, 0) is 6.18 Å². The zero-order chi connectivity index (χ0) is 14.2. The van der Waals surface area contributed by atoms with Crippen molar-refractivity contribution in [1.82, 2.24) is 9.97 Å². The quantitative estimate of drug-likeness (QED) is 0.863. The summed E-state index contributed by atoms with van der Waals surface area (Å²) in [5.41, 5.74) is 0.0213. The first kappa shape index (κ1) is 13.3. The van der Waals surface area contributed by atoms with Crippen LogP contribution in [-0.4, -0.2) is 9.97 Å². The number of nitrogens with zero attached hydrogens (tertiary/aromatic N) is 1. The highest BCUT2D eigenvalue weighted by molar-refractivity contribution is 5.59. The first-order chi connectivity index (χ1) is 8.79. The summed E-state index contributed by atoms with van der Waals surface area (Å²) in [6.45, 7) is 3.36. The fourth-order valence-electron chi connectivity index (χ4n) is 1.66. The highest BCUT2D eigenvalue weighted by Crippen LogP contribution is 2.31. The zero-order valence-corrected chi connectivity index (χ0v) is 10.3. The highest BCUT2D eigenvalue weighted by Gasteiger charge is 2.30. The van der Waals surface area contributed by atoms with Crippen molar-refractivity contribution in [2.24, 2.45) is 0 Å². The second-order valence-corrected chi connectivity index (χ2v) is 4.20. The molecule has 0 saturated carbocycles. The number of aryl methyl sites for hydroxylation is 2. The molecule has 19 heavy (non-hydrogen) atoms. The van der Waals surface area contributed by atoms with Gasteiger partial charge >= 0.3 is 6.18 Å². The number of benzene rings is 1. The van der Waals surface area contributed by atoms with Gasteiger partial charge in [0.05, 0.1) is 11.3 Å². The van der Waals surface area contributed by atoms with Crippen LogP contribution in [0.1, 0.15) is 17.0 Å². The molecular weight excluding hydrogens is 257 g/mol. The van der Waals surface area contributed by atoms with E-state index in [1.54, 1.807) is 13.8 Å². The Balaban J connectivity index is 2.60. The number of hydrogen-bond acceptors (Lipinski definition) is 2. The Morgan fingerprint density at radius 2 is 1.89 bits per heavy atom. The number of nitrogens with one attached hydrogen (secondary N) is 1. The van der Waals surface area contributed by atoms with Crippen LogP contribution in [0.15, 0.2) is 29.1 Å². The van der Waals surface area contributed by atoms with Crippen molar-refractivity contribution in [3.63, 3.8) is 0 Å². The Kier molecular flexibility index (Phi) is 3.18. The average Bonchev–Trinajstić information content (AvgIpc) is 2.33. The minimum atomic E-state index is -4.44. The normalized spacial score (nSPS) is 11.6. The van der Waals surface area contributed by atoms with Gasteiger partial charge in [0.15, 0.2) is 0 Å². The van der Waals surface area contributed by atoms with E-state index in [1.807, 2.05) is 0 Å². The average molecular weight is 268 g/mol. The highest BCUT2D eigenvalue weighted by atomic mass is 19.4. The van der Waals surface area contributed by atoms with Gasteiger partial charge in [-0.3, -0.25) is 4.79 Å². The van der Waals surface area contributed by atoms with Crippen molar-refractivity contribution >= 4 is 0 Å². The lowest BCUT2D eigenvalue weighted by Crippen LogP contribution is -2.15. The molecule has 0 amide bonds. The van der Waals surface area contributed by atoms with Crippen molar-refractivity contribution in [2.45, 2.75) is 20.0 Å². The molecule has 1 aromatic heterocycles. The second-order valence-electron chi connectivity index (χ2n) is 4.20.